The molecular weight excluding hydrogens is 484 g/mol. The maximum atomic E-state index is 14.0. The van der Waals surface area contributed by atoms with Gasteiger partial charge in [-0.05, 0) is 35.7 Å². The summed E-state index contributed by atoms with van der Waals surface area (Å²) in [6, 6.07) is 14.4. The highest BCUT2D eigenvalue weighted by Gasteiger charge is 2.45. The Morgan fingerprint density at radius 2 is 1.86 bits per heavy atom. The number of benzene rings is 2. The summed E-state index contributed by atoms with van der Waals surface area (Å²) in [5.74, 6) is 0.196. The Balaban J connectivity index is 2.00. The molecule has 2 aromatic rings. The molecule has 0 saturated carbocycles. The van der Waals surface area contributed by atoms with Gasteiger partial charge in [0.15, 0.2) is 6.10 Å². The van der Waals surface area contributed by atoms with Crippen LogP contribution in [0.4, 0.5) is 10.5 Å². The van der Waals surface area contributed by atoms with Crippen molar-refractivity contribution in [1.82, 2.24) is 4.90 Å². The lowest BCUT2D eigenvalue weighted by Crippen LogP contribution is -2.49. The normalized spacial score (nSPS) is 17.2. The Morgan fingerprint density at radius 1 is 1.14 bits per heavy atom. The van der Waals surface area contributed by atoms with Gasteiger partial charge in [0.05, 0.1) is 31.6 Å². The molecule has 3 rings (SSSR count). The van der Waals surface area contributed by atoms with Gasteiger partial charge in [-0.15, -0.1) is 11.8 Å². The molecule has 2 N–H and O–H groups in total. The van der Waals surface area contributed by atoms with Gasteiger partial charge in [0.25, 0.3) is 5.91 Å². The van der Waals surface area contributed by atoms with Crippen LogP contribution in [0.2, 0.25) is 0 Å². The van der Waals surface area contributed by atoms with E-state index in [0.29, 0.717) is 24.7 Å². The number of methoxy groups -OCH3 is 2. The summed E-state index contributed by atoms with van der Waals surface area (Å²) in [5, 5.41) is -0.555. The number of thioether (sulfide) groups is 1. The number of nitrogen functional groups attached to an aromatic ring is 1. The Morgan fingerprint density at radius 3 is 2.50 bits per heavy atom. The van der Waals surface area contributed by atoms with Gasteiger partial charge in [0, 0.05) is 17.7 Å². The maximum absolute atomic E-state index is 14.0. The van der Waals surface area contributed by atoms with Gasteiger partial charge in [0.2, 0.25) is 0 Å². The van der Waals surface area contributed by atoms with Gasteiger partial charge in [-0.3, -0.25) is 4.79 Å². The Bertz CT molecular complexity index is 1000. The molecular formula is C26H34N2O7S. The minimum Gasteiger partial charge on any atom is -0.497 e. The fraction of sp³-hybridized carbons (Fsp3) is 0.462. The minimum atomic E-state index is -1.07. The predicted octanol–water partition coefficient (Wildman–Crippen LogP) is 4.12. The van der Waals surface area contributed by atoms with Crippen LogP contribution in [0.3, 0.4) is 0 Å². The number of anilines is 1. The van der Waals surface area contributed by atoms with E-state index in [0.717, 1.165) is 10.5 Å². The molecule has 36 heavy (non-hydrogen) atoms. The van der Waals surface area contributed by atoms with Crippen LogP contribution in [0.1, 0.15) is 24.7 Å². The summed E-state index contributed by atoms with van der Waals surface area (Å²) in [5.41, 5.74) is 7.61. The summed E-state index contributed by atoms with van der Waals surface area (Å²) in [6.45, 7) is 4.54. The first kappa shape index (κ1) is 27.8. The van der Waals surface area contributed by atoms with E-state index in [2.05, 4.69) is 0 Å². The second kappa shape index (κ2) is 13.5. The fourth-order valence-corrected chi connectivity index (χ4v) is 5.00. The van der Waals surface area contributed by atoms with Gasteiger partial charge in [-0.25, -0.2) is 9.69 Å². The van der Waals surface area contributed by atoms with Crippen molar-refractivity contribution >= 4 is 29.4 Å². The van der Waals surface area contributed by atoms with Crippen LogP contribution in [0, 0.1) is 5.92 Å². The first-order valence-electron chi connectivity index (χ1n) is 11.7. The van der Waals surface area contributed by atoms with E-state index in [1.54, 1.807) is 20.3 Å². The van der Waals surface area contributed by atoms with Gasteiger partial charge in [-0.2, -0.15) is 0 Å². The van der Waals surface area contributed by atoms with E-state index in [-0.39, 0.29) is 19.3 Å². The number of imide groups is 1. The molecule has 1 saturated heterocycles. The highest BCUT2D eigenvalue weighted by atomic mass is 32.2. The molecule has 9 nitrogen and oxygen atoms in total. The van der Waals surface area contributed by atoms with Crippen LogP contribution in [0.5, 0.6) is 5.75 Å². The number of rotatable bonds is 13. The average molecular weight is 519 g/mol. The largest absolute Gasteiger partial charge is 0.497 e. The number of cyclic esters (lactones) is 1. The van der Waals surface area contributed by atoms with E-state index in [9.17, 15) is 9.59 Å². The highest BCUT2D eigenvalue weighted by Crippen LogP contribution is 2.43. The van der Waals surface area contributed by atoms with E-state index in [1.807, 2.05) is 56.3 Å². The molecule has 0 bridgehead atoms. The third-order valence-electron chi connectivity index (χ3n) is 5.81. The van der Waals surface area contributed by atoms with Crippen LogP contribution in [-0.4, -0.2) is 69.9 Å². The lowest BCUT2D eigenvalue weighted by molar-refractivity contribution is -0.154. The average Bonchev–Trinajstić information content (AvgIpc) is 3.27. The van der Waals surface area contributed by atoms with Crippen molar-refractivity contribution in [2.45, 2.75) is 36.1 Å². The van der Waals surface area contributed by atoms with Crippen molar-refractivity contribution < 1.29 is 33.3 Å². The summed E-state index contributed by atoms with van der Waals surface area (Å²) < 4.78 is 27.1. The third-order valence-corrected chi connectivity index (χ3v) is 7.21. The Hall–Kier alpha value is -2.79. The number of ether oxygens (including phenoxy) is 5. The molecule has 3 atom stereocenters. The number of hydrogen-bond acceptors (Lipinski definition) is 9. The quantitative estimate of drug-likeness (QED) is 0.181. The molecule has 196 valence electrons. The third kappa shape index (κ3) is 6.91. The predicted molar refractivity (Wildman–Crippen MR) is 137 cm³/mol. The zero-order chi connectivity index (χ0) is 26.1. The first-order chi connectivity index (χ1) is 17.4. The Labute approximate surface area is 216 Å². The second-order valence-corrected chi connectivity index (χ2v) is 9.74. The van der Waals surface area contributed by atoms with E-state index in [1.165, 1.54) is 16.7 Å². The summed E-state index contributed by atoms with van der Waals surface area (Å²) in [6.07, 6.45) is -1.75. The zero-order valence-electron chi connectivity index (χ0n) is 21.0. The lowest BCUT2D eigenvalue weighted by Gasteiger charge is -2.31. The van der Waals surface area contributed by atoms with Crippen molar-refractivity contribution in [3.63, 3.8) is 0 Å². The number of nitrogens with two attached hydrogens (primary N) is 1. The topological polar surface area (TPSA) is 110 Å². The van der Waals surface area contributed by atoms with Crippen molar-refractivity contribution in [2.75, 3.05) is 46.6 Å². The van der Waals surface area contributed by atoms with Crippen molar-refractivity contribution in [3.8, 4) is 5.75 Å². The highest BCUT2D eigenvalue weighted by molar-refractivity contribution is 7.99. The first-order valence-corrected chi connectivity index (χ1v) is 12.6. The molecule has 1 aliphatic heterocycles. The smallest absolute Gasteiger partial charge is 0.417 e. The molecule has 1 aliphatic rings. The number of carbonyl (C=O) groups excluding carboxylic acids is 2. The molecule has 2 amide bonds. The zero-order valence-corrected chi connectivity index (χ0v) is 21.9. The van der Waals surface area contributed by atoms with Crippen molar-refractivity contribution in [1.29, 1.82) is 0 Å². The summed E-state index contributed by atoms with van der Waals surface area (Å²) >= 11 is 1.39. The van der Waals surface area contributed by atoms with Gasteiger partial charge in [0.1, 0.15) is 19.1 Å². The molecule has 2 aromatic carbocycles. The number of hydrogen-bond donors (Lipinski definition) is 1. The van der Waals surface area contributed by atoms with Crippen LogP contribution in [-0.2, 0) is 23.7 Å². The van der Waals surface area contributed by atoms with Crippen LogP contribution in [0.15, 0.2) is 53.4 Å². The van der Waals surface area contributed by atoms with Crippen LogP contribution < -0.4 is 10.5 Å². The molecule has 0 spiro atoms. The standard InChI is InChI=1S/C26H34N2O7S/c1-17(2)21-15-34-26(30)28(21)25(29)23(35-16-33-14-13-31-3)24(18-9-11-19(32-4)12-10-18)36-22-8-6-5-7-20(22)27/h5-12,17,21,23-24H,13-16,27H2,1-4H3/t21-,23-,24-/m1/s1. The molecule has 0 aliphatic carbocycles. The van der Waals surface area contributed by atoms with Gasteiger partial charge < -0.3 is 29.4 Å². The maximum Gasteiger partial charge on any atom is 0.417 e. The van der Waals surface area contributed by atoms with Gasteiger partial charge in [-0.1, -0.05) is 38.1 Å². The summed E-state index contributed by atoms with van der Waals surface area (Å²) in [7, 11) is 3.16. The monoisotopic (exact) mass is 518 g/mol. The molecule has 1 fully saturated rings. The van der Waals surface area contributed by atoms with Crippen LogP contribution >= 0.6 is 11.8 Å². The van der Waals surface area contributed by atoms with E-state index in [4.69, 9.17) is 29.4 Å². The number of carbonyl (C=O) groups is 2. The fourth-order valence-electron chi connectivity index (χ4n) is 3.75. The number of nitrogens with zero attached hydrogens (tertiary/aromatic N) is 1. The number of amides is 2. The van der Waals surface area contributed by atoms with Crippen molar-refractivity contribution in [2.24, 2.45) is 5.92 Å². The van der Waals surface area contributed by atoms with Gasteiger partial charge >= 0.3 is 6.09 Å². The van der Waals surface area contributed by atoms with Crippen LogP contribution in [0.25, 0.3) is 0 Å². The number of para-hydroxylation sites is 1. The Kier molecular flexibility index (Phi) is 10.4. The molecule has 10 heteroatoms. The molecule has 0 unspecified atom stereocenters. The molecule has 0 radical (unpaired) electrons. The molecule has 1 heterocycles. The minimum absolute atomic E-state index is 0.0101. The SMILES string of the molecule is COCCOCO[C@@H](C(=O)N1C(=O)OC[C@@H]1C(C)C)[C@H](Sc1ccccc1N)c1ccc(OC)cc1. The second-order valence-electron chi connectivity index (χ2n) is 8.55. The summed E-state index contributed by atoms with van der Waals surface area (Å²) in [4.78, 5) is 28.6. The van der Waals surface area contributed by atoms with Crippen molar-refractivity contribution in [3.05, 3.63) is 54.1 Å². The lowest BCUT2D eigenvalue weighted by atomic mass is 10.0. The molecule has 0 aromatic heterocycles. The van der Waals surface area contributed by atoms with E-state index >= 15 is 0 Å². The van der Waals surface area contributed by atoms with E-state index < -0.39 is 29.4 Å².